The van der Waals surface area contributed by atoms with Crippen molar-refractivity contribution < 1.29 is 4.79 Å². The number of hydrogen-bond acceptors (Lipinski definition) is 1. The van der Waals surface area contributed by atoms with Crippen LogP contribution in [0.4, 0.5) is 0 Å². The van der Waals surface area contributed by atoms with Gasteiger partial charge in [0.25, 0.3) is 0 Å². The van der Waals surface area contributed by atoms with Gasteiger partial charge < -0.3 is 0 Å². The molecule has 1 unspecified atom stereocenters. The van der Waals surface area contributed by atoms with Crippen molar-refractivity contribution in [2.45, 2.75) is 4.29 Å². The minimum Gasteiger partial charge on any atom is -0.292 e. The highest BCUT2D eigenvalue weighted by Gasteiger charge is 2.12. The number of Topliss-reactive ketones (excluding diaryl/α,β-unsaturated/α-hetero) is 1. The molecule has 0 aromatic heterocycles. The third kappa shape index (κ3) is 2.31. The predicted octanol–water partition coefficient (Wildman–Crippen LogP) is 2.83. The first-order valence-corrected chi connectivity index (χ1v) is 4.44. The van der Waals surface area contributed by atoms with Crippen LogP contribution in [-0.4, -0.2) is 10.1 Å². The van der Waals surface area contributed by atoms with Crippen molar-refractivity contribution in [1.82, 2.24) is 0 Å². The Labute approximate surface area is 78.5 Å². The van der Waals surface area contributed by atoms with Gasteiger partial charge in [0.1, 0.15) is 0 Å². The minimum atomic E-state index is -0.620. The zero-order valence-corrected chi connectivity index (χ0v) is 7.97. The number of carbonyl (C=O) groups is 1. The fourth-order valence-corrected chi connectivity index (χ4v) is 1.12. The lowest BCUT2D eigenvalue weighted by Gasteiger charge is -1.98. The van der Waals surface area contributed by atoms with Gasteiger partial charge in [-0.1, -0.05) is 46.3 Å². The highest BCUT2D eigenvalue weighted by Crippen LogP contribution is 2.12. The first kappa shape index (κ1) is 8.75. The zero-order chi connectivity index (χ0) is 8.27. The summed E-state index contributed by atoms with van der Waals surface area (Å²) in [5.41, 5.74) is 0.629. The van der Waals surface area contributed by atoms with E-state index in [1.165, 1.54) is 0 Å². The highest BCUT2D eigenvalue weighted by atomic mass is 79.9. The van der Waals surface area contributed by atoms with Crippen LogP contribution in [-0.2, 0) is 0 Å². The standard InChI is InChI=1S/C8H6BrClO/c9-8(10)7(11)6-4-2-1-3-5-6/h1-5,8H. The number of hydrogen-bond donors (Lipinski definition) is 0. The van der Waals surface area contributed by atoms with Gasteiger partial charge in [-0.05, 0) is 0 Å². The van der Waals surface area contributed by atoms with Gasteiger partial charge in [-0.15, -0.1) is 11.6 Å². The Morgan fingerprint density at radius 3 is 2.36 bits per heavy atom. The molecule has 11 heavy (non-hydrogen) atoms. The molecule has 0 N–H and O–H groups in total. The molecule has 0 bridgehead atoms. The molecule has 58 valence electrons. The molecule has 1 aromatic carbocycles. The second-order valence-electron chi connectivity index (χ2n) is 2.03. The molecule has 1 atom stereocenters. The summed E-state index contributed by atoms with van der Waals surface area (Å²) in [4.78, 5) is 11.2. The number of alkyl halides is 2. The molecule has 0 spiro atoms. The quantitative estimate of drug-likeness (QED) is 0.567. The third-order valence-corrected chi connectivity index (χ3v) is 1.87. The Bertz CT molecular complexity index is 246. The molecular weight excluding hydrogens is 227 g/mol. The summed E-state index contributed by atoms with van der Waals surface area (Å²) in [7, 11) is 0. The number of halogens is 2. The number of benzene rings is 1. The van der Waals surface area contributed by atoms with E-state index in [0.29, 0.717) is 5.56 Å². The van der Waals surface area contributed by atoms with Crippen LogP contribution in [0, 0.1) is 0 Å². The Hall–Kier alpha value is -0.340. The van der Waals surface area contributed by atoms with Gasteiger partial charge in [0.15, 0.2) is 10.1 Å². The van der Waals surface area contributed by atoms with Gasteiger partial charge in [0.2, 0.25) is 0 Å². The van der Waals surface area contributed by atoms with E-state index in [2.05, 4.69) is 15.9 Å². The van der Waals surface area contributed by atoms with Crippen molar-refractivity contribution in [3.05, 3.63) is 35.9 Å². The lowest BCUT2D eigenvalue weighted by Crippen LogP contribution is -2.06. The molecule has 1 nitrogen and oxygen atoms in total. The maximum atomic E-state index is 11.2. The Morgan fingerprint density at radius 1 is 1.36 bits per heavy atom. The first-order valence-electron chi connectivity index (χ1n) is 3.09. The fourth-order valence-electron chi connectivity index (χ4n) is 0.728. The zero-order valence-electron chi connectivity index (χ0n) is 5.63. The second kappa shape index (κ2) is 3.88. The molecular formula is C8H6BrClO. The Kier molecular flexibility index (Phi) is 3.09. The van der Waals surface area contributed by atoms with Crippen LogP contribution in [0.5, 0.6) is 0 Å². The maximum Gasteiger partial charge on any atom is 0.191 e. The van der Waals surface area contributed by atoms with Crippen LogP contribution in [0.3, 0.4) is 0 Å². The van der Waals surface area contributed by atoms with Gasteiger partial charge in [0, 0.05) is 5.56 Å². The van der Waals surface area contributed by atoms with Gasteiger partial charge >= 0.3 is 0 Å². The van der Waals surface area contributed by atoms with E-state index in [0.717, 1.165) is 0 Å². The summed E-state index contributed by atoms with van der Waals surface area (Å²) in [6, 6.07) is 8.94. The van der Waals surface area contributed by atoms with Gasteiger partial charge in [-0.2, -0.15) is 0 Å². The molecule has 0 saturated carbocycles. The van der Waals surface area contributed by atoms with Crippen molar-refractivity contribution >= 4 is 33.3 Å². The van der Waals surface area contributed by atoms with E-state index in [1.807, 2.05) is 6.07 Å². The van der Waals surface area contributed by atoms with E-state index in [1.54, 1.807) is 24.3 Å². The molecule has 0 saturated heterocycles. The van der Waals surface area contributed by atoms with Gasteiger partial charge in [-0.3, -0.25) is 4.79 Å². The topological polar surface area (TPSA) is 17.1 Å². The lowest BCUT2D eigenvalue weighted by molar-refractivity contribution is 0.101. The summed E-state index contributed by atoms with van der Waals surface area (Å²) < 4.78 is -0.620. The summed E-state index contributed by atoms with van der Waals surface area (Å²) in [5, 5.41) is 0. The molecule has 0 amide bonds. The summed E-state index contributed by atoms with van der Waals surface area (Å²) >= 11 is 8.52. The molecule has 1 rings (SSSR count). The first-order chi connectivity index (χ1) is 5.22. The largest absolute Gasteiger partial charge is 0.292 e. The third-order valence-electron chi connectivity index (χ3n) is 1.26. The van der Waals surface area contributed by atoms with E-state index >= 15 is 0 Å². The van der Waals surface area contributed by atoms with Crippen molar-refractivity contribution in [1.29, 1.82) is 0 Å². The van der Waals surface area contributed by atoms with Crippen molar-refractivity contribution in [2.24, 2.45) is 0 Å². The van der Waals surface area contributed by atoms with E-state index in [9.17, 15) is 4.79 Å². The smallest absolute Gasteiger partial charge is 0.191 e. The monoisotopic (exact) mass is 232 g/mol. The molecule has 0 aliphatic rings. The molecule has 0 heterocycles. The number of rotatable bonds is 2. The van der Waals surface area contributed by atoms with Crippen LogP contribution in [0.2, 0.25) is 0 Å². The molecule has 3 heteroatoms. The van der Waals surface area contributed by atoms with Crippen LogP contribution in [0.25, 0.3) is 0 Å². The van der Waals surface area contributed by atoms with E-state index in [4.69, 9.17) is 11.6 Å². The van der Waals surface area contributed by atoms with E-state index in [-0.39, 0.29) is 5.78 Å². The van der Waals surface area contributed by atoms with Crippen molar-refractivity contribution in [3.8, 4) is 0 Å². The fraction of sp³-hybridized carbons (Fsp3) is 0.125. The summed E-state index contributed by atoms with van der Waals surface area (Å²) in [5.74, 6) is -0.104. The van der Waals surface area contributed by atoms with Gasteiger partial charge in [0.05, 0.1) is 0 Å². The molecule has 0 aliphatic heterocycles. The SMILES string of the molecule is O=C(c1ccccc1)C(Cl)Br. The summed E-state index contributed by atoms with van der Waals surface area (Å²) in [6.07, 6.45) is 0. The Balaban J connectivity index is 2.86. The number of carbonyl (C=O) groups excluding carboxylic acids is 1. The lowest BCUT2D eigenvalue weighted by atomic mass is 10.2. The predicted molar refractivity (Wildman–Crippen MR) is 49.3 cm³/mol. The van der Waals surface area contributed by atoms with Crippen LogP contribution >= 0.6 is 27.5 Å². The molecule has 1 aromatic rings. The second-order valence-corrected chi connectivity index (χ2v) is 3.91. The molecule has 0 aliphatic carbocycles. The normalized spacial score (nSPS) is 12.5. The molecule has 0 fully saturated rings. The Morgan fingerprint density at radius 2 is 1.91 bits per heavy atom. The van der Waals surface area contributed by atoms with Crippen LogP contribution in [0.15, 0.2) is 30.3 Å². The minimum absolute atomic E-state index is 0.104. The van der Waals surface area contributed by atoms with Crippen molar-refractivity contribution in [3.63, 3.8) is 0 Å². The van der Waals surface area contributed by atoms with Gasteiger partial charge in [-0.25, -0.2) is 0 Å². The average molecular weight is 233 g/mol. The van der Waals surface area contributed by atoms with Crippen LogP contribution in [0.1, 0.15) is 10.4 Å². The van der Waals surface area contributed by atoms with E-state index < -0.39 is 4.29 Å². The highest BCUT2D eigenvalue weighted by molar-refractivity contribution is 9.10. The maximum absolute atomic E-state index is 11.2. The summed E-state index contributed by atoms with van der Waals surface area (Å²) in [6.45, 7) is 0. The number of ketones is 1. The van der Waals surface area contributed by atoms with Crippen molar-refractivity contribution in [2.75, 3.05) is 0 Å². The molecule has 0 radical (unpaired) electrons. The van der Waals surface area contributed by atoms with Crippen LogP contribution < -0.4 is 0 Å². The average Bonchev–Trinajstić information content (AvgIpc) is 2.05.